The van der Waals surface area contributed by atoms with Crippen LogP contribution in [0.5, 0.6) is 0 Å². The van der Waals surface area contributed by atoms with Crippen LogP contribution in [-0.2, 0) is 0 Å². The maximum atomic E-state index is 11.3. The number of hydrogen-bond donors (Lipinski definition) is 2. The zero-order valence-electron chi connectivity index (χ0n) is 7.68. The third-order valence-corrected chi connectivity index (χ3v) is 1.55. The van der Waals surface area contributed by atoms with E-state index in [0.29, 0.717) is 5.88 Å². The summed E-state index contributed by atoms with van der Waals surface area (Å²) in [5.41, 5.74) is 0. The second-order valence-electron chi connectivity index (χ2n) is 2.63. The number of rotatable bonds is 2. The van der Waals surface area contributed by atoms with Crippen LogP contribution in [0.1, 0.15) is 0 Å². The van der Waals surface area contributed by atoms with Gasteiger partial charge >= 0.3 is 6.03 Å². The van der Waals surface area contributed by atoms with E-state index in [1.165, 1.54) is 18.7 Å². The highest BCUT2D eigenvalue weighted by Gasteiger charge is 2.04. The summed E-state index contributed by atoms with van der Waals surface area (Å²) >= 11 is 0. The third kappa shape index (κ3) is 2.53. The number of furan rings is 1. The summed E-state index contributed by atoms with van der Waals surface area (Å²) in [5.74, 6) is 0.602. The minimum atomic E-state index is -0.448. The topological polar surface area (TPSA) is 80.0 Å². The first-order valence-electron chi connectivity index (χ1n) is 4.23. The van der Waals surface area contributed by atoms with E-state index in [1.54, 1.807) is 18.2 Å². The van der Waals surface area contributed by atoms with Crippen molar-refractivity contribution in [2.24, 2.45) is 0 Å². The van der Waals surface area contributed by atoms with E-state index in [2.05, 4.69) is 20.6 Å². The van der Waals surface area contributed by atoms with Crippen LogP contribution in [0.15, 0.2) is 41.3 Å². The monoisotopic (exact) mass is 204 g/mol. The molecule has 0 radical (unpaired) electrons. The fourth-order valence-corrected chi connectivity index (χ4v) is 0.958. The van der Waals surface area contributed by atoms with Gasteiger partial charge in [0.2, 0.25) is 11.8 Å². The molecule has 2 rings (SSSR count). The first-order valence-corrected chi connectivity index (χ1v) is 4.23. The van der Waals surface area contributed by atoms with Crippen molar-refractivity contribution in [1.29, 1.82) is 0 Å². The molecule has 2 aromatic heterocycles. The number of anilines is 2. The second kappa shape index (κ2) is 4.23. The van der Waals surface area contributed by atoms with Crippen LogP contribution in [0.3, 0.4) is 0 Å². The van der Waals surface area contributed by atoms with E-state index < -0.39 is 6.03 Å². The van der Waals surface area contributed by atoms with E-state index >= 15 is 0 Å². The Morgan fingerprint density at radius 3 is 2.67 bits per heavy atom. The minimum Gasteiger partial charge on any atom is -0.449 e. The molecule has 0 bridgehead atoms. The number of hydrogen-bond acceptors (Lipinski definition) is 4. The molecule has 0 saturated heterocycles. The van der Waals surface area contributed by atoms with Gasteiger partial charge in [-0.1, -0.05) is 0 Å². The van der Waals surface area contributed by atoms with Gasteiger partial charge < -0.3 is 4.42 Å². The zero-order chi connectivity index (χ0) is 10.5. The Hall–Kier alpha value is -2.37. The molecule has 0 spiro atoms. The quantitative estimate of drug-likeness (QED) is 0.780. The molecule has 2 aromatic rings. The summed E-state index contributed by atoms with van der Waals surface area (Å²) in [6.45, 7) is 0. The highest BCUT2D eigenvalue weighted by atomic mass is 16.3. The molecule has 0 aliphatic heterocycles. The molecule has 6 heteroatoms. The van der Waals surface area contributed by atoms with Crippen molar-refractivity contribution in [3.8, 4) is 0 Å². The molecule has 0 atom stereocenters. The molecule has 0 unspecified atom stereocenters. The van der Waals surface area contributed by atoms with Crippen LogP contribution in [0.25, 0.3) is 0 Å². The van der Waals surface area contributed by atoms with Crippen LogP contribution >= 0.6 is 0 Å². The summed E-state index contributed by atoms with van der Waals surface area (Å²) in [7, 11) is 0. The van der Waals surface area contributed by atoms with Gasteiger partial charge in [-0.25, -0.2) is 14.8 Å². The Labute approximate surface area is 85.3 Å². The first-order chi connectivity index (χ1) is 7.34. The lowest BCUT2D eigenvalue weighted by molar-refractivity contribution is 0.261. The standard InChI is InChI=1S/C9H8N4O2/c14-9(12-7-3-1-6-15-7)13-8-10-4-2-5-11-8/h1-6H,(H2,10,11,12,13,14). The highest BCUT2D eigenvalue weighted by Crippen LogP contribution is 2.06. The summed E-state index contributed by atoms with van der Waals surface area (Å²) in [6, 6.07) is 4.52. The number of nitrogens with one attached hydrogen (secondary N) is 2. The molecule has 0 aliphatic carbocycles. The molecule has 2 N–H and O–H groups in total. The Morgan fingerprint density at radius 1 is 1.20 bits per heavy atom. The van der Waals surface area contributed by atoms with Crippen molar-refractivity contribution < 1.29 is 9.21 Å². The minimum absolute atomic E-state index is 0.238. The van der Waals surface area contributed by atoms with E-state index in [0.717, 1.165) is 0 Å². The van der Waals surface area contributed by atoms with Gasteiger partial charge in [0.25, 0.3) is 0 Å². The van der Waals surface area contributed by atoms with Gasteiger partial charge in [-0.3, -0.25) is 10.6 Å². The van der Waals surface area contributed by atoms with Gasteiger partial charge in [0.1, 0.15) is 0 Å². The Balaban J connectivity index is 1.94. The van der Waals surface area contributed by atoms with Crippen LogP contribution < -0.4 is 10.6 Å². The van der Waals surface area contributed by atoms with Gasteiger partial charge in [-0.2, -0.15) is 0 Å². The van der Waals surface area contributed by atoms with E-state index in [9.17, 15) is 4.79 Å². The molecule has 76 valence electrons. The number of amides is 2. The molecule has 0 aliphatic rings. The molecule has 0 aromatic carbocycles. The summed E-state index contributed by atoms with van der Waals surface area (Å²) < 4.78 is 4.93. The SMILES string of the molecule is O=C(Nc1ncccn1)Nc1ccco1. The Kier molecular flexibility index (Phi) is 2.59. The fourth-order valence-electron chi connectivity index (χ4n) is 0.958. The lowest BCUT2D eigenvalue weighted by Crippen LogP contribution is -2.20. The molecule has 0 fully saturated rings. The number of carbonyl (C=O) groups excluding carboxylic acids is 1. The summed E-state index contributed by atoms with van der Waals surface area (Å²) in [5, 5.41) is 4.92. The number of aromatic nitrogens is 2. The van der Waals surface area contributed by atoms with Gasteiger partial charge in [-0.15, -0.1) is 0 Å². The molecule has 2 amide bonds. The van der Waals surface area contributed by atoms with Crippen molar-refractivity contribution in [3.63, 3.8) is 0 Å². The average molecular weight is 204 g/mol. The van der Waals surface area contributed by atoms with Crippen LogP contribution in [-0.4, -0.2) is 16.0 Å². The maximum Gasteiger partial charge on any atom is 0.328 e. The molecular weight excluding hydrogens is 196 g/mol. The average Bonchev–Trinajstić information content (AvgIpc) is 2.71. The Bertz CT molecular complexity index is 427. The summed E-state index contributed by atoms with van der Waals surface area (Å²) in [6.07, 6.45) is 4.54. The van der Waals surface area contributed by atoms with Gasteiger partial charge in [0.05, 0.1) is 6.26 Å². The van der Waals surface area contributed by atoms with Gasteiger partial charge in [-0.05, 0) is 12.1 Å². The molecule has 2 heterocycles. The Morgan fingerprint density at radius 2 is 2.00 bits per heavy atom. The number of carbonyl (C=O) groups is 1. The van der Waals surface area contributed by atoms with E-state index in [4.69, 9.17) is 4.42 Å². The number of urea groups is 1. The first kappa shape index (κ1) is 9.20. The molecule has 0 saturated carbocycles. The molecule has 6 nitrogen and oxygen atoms in total. The molecule has 15 heavy (non-hydrogen) atoms. The summed E-state index contributed by atoms with van der Waals surface area (Å²) in [4.78, 5) is 19.0. The van der Waals surface area contributed by atoms with Crippen molar-refractivity contribution in [2.45, 2.75) is 0 Å². The largest absolute Gasteiger partial charge is 0.449 e. The van der Waals surface area contributed by atoms with Gasteiger partial charge in [0.15, 0.2) is 0 Å². The molecular formula is C9H8N4O2. The van der Waals surface area contributed by atoms with Crippen molar-refractivity contribution in [1.82, 2.24) is 9.97 Å². The van der Waals surface area contributed by atoms with Crippen molar-refractivity contribution >= 4 is 17.9 Å². The zero-order valence-corrected chi connectivity index (χ0v) is 7.68. The lowest BCUT2D eigenvalue weighted by Gasteiger charge is -2.02. The van der Waals surface area contributed by atoms with E-state index in [1.807, 2.05) is 0 Å². The predicted molar refractivity (Wildman–Crippen MR) is 53.4 cm³/mol. The smallest absolute Gasteiger partial charge is 0.328 e. The van der Waals surface area contributed by atoms with Gasteiger partial charge in [0, 0.05) is 18.5 Å². The predicted octanol–water partition coefficient (Wildman–Crippen LogP) is 1.71. The van der Waals surface area contributed by atoms with Crippen LogP contribution in [0.2, 0.25) is 0 Å². The third-order valence-electron chi connectivity index (χ3n) is 1.55. The fraction of sp³-hybridized carbons (Fsp3) is 0. The maximum absolute atomic E-state index is 11.3. The lowest BCUT2D eigenvalue weighted by atomic mass is 10.6. The second-order valence-corrected chi connectivity index (χ2v) is 2.63. The van der Waals surface area contributed by atoms with Crippen LogP contribution in [0, 0.1) is 0 Å². The van der Waals surface area contributed by atoms with Crippen LogP contribution in [0.4, 0.5) is 16.6 Å². The number of nitrogens with zero attached hydrogens (tertiary/aromatic N) is 2. The van der Waals surface area contributed by atoms with E-state index in [-0.39, 0.29) is 5.95 Å². The normalized spacial score (nSPS) is 9.60. The van der Waals surface area contributed by atoms with Crippen molar-refractivity contribution in [3.05, 3.63) is 36.9 Å². The highest BCUT2D eigenvalue weighted by molar-refractivity contribution is 5.97. The van der Waals surface area contributed by atoms with Crippen molar-refractivity contribution in [2.75, 3.05) is 10.6 Å².